The molecule has 0 aliphatic carbocycles. The van der Waals surface area contributed by atoms with Crippen molar-refractivity contribution in [2.45, 2.75) is 26.7 Å². The molecule has 0 saturated carbocycles. The Labute approximate surface area is 144 Å². The third kappa shape index (κ3) is 4.77. The van der Waals surface area contributed by atoms with Crippen LogP contribution in [0.3, 0.4) is 0 Å². The molecule has 1 fully saturated rings. The van der Waals surface area contributed by atoms with Crippen molar-refractivity contribution in [3.05, 3.63) is 34.1 Å². The lowest BCUT2D eigenvalue weighted by atomic mass is 9.97. The van der Waals surface area contributed by atoms with E-state index in [1.54, 1.807) is 11.0 Å². The number of carbonyl (C=O) groups excluding carboxylic acids is 2. The molecule has 2 amide bonds. The Balaban J connectivity index is 1.97. The maximum absolute atomic E-state index is 14.0. The Morgan fingerprint density at radius 3 is 2.83 bits per heavy atom. The minimum Gasteiger partial charge on any atom is -0.356 e. The zero-order chi connectivity index (χ0) is 17.0. The van der Waals surface area contributed by atoms with Crippen LogP contribution in [0, 0.1) is 17.7 Å². The van der Waals surface area contributed by atoms with E-state index in [1.165, 1.54) is 12.1 Å². The van der Waals surface area contributed by atoms with E-state index in [9.17, 15) is 14.0 Å². The number of piperidine rings is 1. The van der Waals surface area contributed by atoms with Crippen LogP contribution in [0.4, 0.5) is 4.39 Å². The lowest BCUT2D eigenvalue weighted by molar-refractivity contribution is -0.124. The molecule has 2 rings (SSSR count). The third-order valence-corrected chi connectivity index (χ3v) is 4.55. The van der Waals surface area contributed by atoms with Crippen LogP contribution in [-0.2, 0) is 4.79 Å². The Morgan fingerprint density at radius 2 is 2.17 bits per heavy atom. The van der Waals surface area contributed by atoms with E-state index in [2.05, 4.69) is 21.2 Å². The molecular formula is C17H22BrFN2O2. The van der Waals surface area contributed by atoms with Gasteiger partial charge in [-0.2, -0.15) is 0 Å². The van der Waals surface area contributed by atoms with Gasteiger partial charge in [-0.25, -0.2) is 4.39 Å². The number of halogens is 2. The minimum absolute atomic E-state index is 0.0207. The molecule has 1 aliphatic rings. The van der Waals surface area contributed by atoms with Crippen molar-refractivity contribution in [2.24, 2.45) is 11.8 Å². The highest BCUT2D eigenvalue weighted by molar-refractivity contribution is 9.10. The SMILES string of the molecule is CC(C)C(=O)NC[C@@H]1CCCN(C(=O)c2ccc(Br)cc2F)C1. The Bertz CT molecular complexity index is 592. The largest absolute Gasteiger partial charge is 0.356 e. The maximum atomic E-state index is 14.0. The Kier molecular flexibility index (Phi) is 6.16. The van der Waals surface area contributed by atoms with E-state index in [0.29, 0.717) is 24.1 Å². The maximum Gasteiger partial charge on any atom is 0.256 e. The zero-order valence-corrected chi connectivity index (χ0v) is 15.0. The molecule has 0 bridgehead atoms. The first kappa shape index (κ1) is 17.9. The molecule has 0 spiro atoms. The van der Waals surface area contributed by atoms with Crippen LogP contribution in [0.1, 0.15) is 37.0 Å². The second-order valence-electron chi connectivity index (χ2n) is 6.28. The Morgan fingerprint density at radius 1 is 1.43 bits per heavy atom. The molecular weight excluding hydrogens is 363 g/mol. The number of likely N-dealkylation sites (tertiary alicyclic amines) is 1. The first-order chi connectivity index (χ1) is 10.9. The topological polar surface area (TPSA) is 49.4 Å². The van der Waals surface area contributed by atoms with Crippen LogP contribution >= 0.6 is 15.9 Å². The molecule has 4 nitrogen and oxygen atoms in total. The first-order valence-corrected chi connectivity index (χ1v) is 8.69. The van der Waals surface area contributed by atoms with Crippen LogP contribution in [0.5, 0.6) is 0 Å². The monoisotopic (exact) mass is 384 g/mol. The fourth-order valence-electron chi connectivity index (χ4n) is 2.70. The van der Waals surface area contributed by atoms with Gasteiger partial charge < -0.3 is 10.2 Å². The van der Waals surface area contributed by atoms with Gasteiger partial charge in [-0.1, -0.05) is 29.8 Å². The fourth-order valence-corrected chi connectivity index (χ4v) is 3.03. The molecule has 1 aromatic carbocycles. The van der Waals surface area contributed by atoms with Gasteiger partial charge in [-0.15, -0.1) is 0 Å². The van der Waals surface area contributed by atoms with Crippen molar-refractivity contribution in [2.75, 3.05) is 19.6 Å². The predicted molar refractivity (Wildman–Crippen MR) is 90.6 cm³/mol. The molecule has 6 heteroatoms. The Hall–Kier alpha value is -1.43. The lowest BCUT2D eigenvalue weighted by Crippen LogP contribution is -2.44. The van der Waals surface area contributed by atoms with E-state index >= 15 is 0 Å². The van der Waals surface area contributed by atoms with Crippen LogP contribution < -0.4 is 5.32 Å². The fraction of sp³-hybridized carbons (Fsp3) is 0.529. The van der Waals surface area contributed by atoms with Gasteiger partial charge in [0.1, 0.15) is 5.82 Å². The highest BCUT2D eigenvalue weighted by Crippen LogP contribution is 2.21. The van der Waals surface area contributed by atoms with Gasteiger partial charge in [-0.3, -0.25) is 9.59 Å². The molecule has 1 heterocycles. The quantitative estimate of drug-likeness (QED) is 0.866. The normalized spacial score (nSPS) is 18.1. The molecule has 126 valence electrons. The van der Waals surface area contributed by atoms with Crippen molar-refractivity contribution in [1.29, 1.82) is 0 Å². The molecule has 0 unspecified atom stereocenters. The summed E-state index contributed by atoms with van der Waals surface area (Å²) >= 11 is 3.19. The van der Waals surface area contributed by atoms with E-state index in [1.807, 2.05) is 13.8 Å². The smallest absolute Gasteiger partial charge is 0.256 e. The van der Waals surface area contributed by atoms with E-state index in [0.717, 1.165) is 12.8 Å². The van der Waals surface area contributed by atoms with Crippen LogP contribution in [0.25, 0.3) is 0 Å². The average Bonchev–Trinajstić information content (AvgIpc) is 2.52. The summed E-state index contributed by atoms with van der Waals surface area (Å²) in [5.41, 5.74) is 0.0973. The summed E-state index contributed by atoms with van der Waals surface area (Å²) in [6.07, 6.45) is 1.83. The zero-order valence-electron chi connectivity index (χ0n) is 13.4. The molecule has 1 atom stereocenters. The number of hydrogen-bond acceptors (Lipinski definition) is 2. The second-order valence-corrected chi connectivity index (χ2v) is 7.20. The average molecular weight is 385 g/mol. The van der Waals surface area contributed by atoms with Crippen LogP contribution in [0.2, 0.25) is 0 Å². The van der Waals surface area contributed by atoms with Gasteiger partial charge in [-0.05, 0) is 37.0 Å². The number of hydrogen-bond donors (Lipinski definition) is 1. The summed E-state index contributed by atoms with van der Waals surface area (Å²) in [4.78, 5) is 25.8. The lowest BCUT2D eigenvalue weighted by Gasteiger charge is -2.33. The number of rotatable bonds is 4. The van der Waals surface area contributed by atoms with Gasteiger partial charge >= 0.3 is 0 Å². The summed E-state index contributed by atoms with van der Waals surface area (Å²) in [5, 5.41) is 2.91. The summed E-state index contributed by atoms with van der Waals surface area (Å²) in [7, 11) is 0. The molecule has 1 N–H and O–H groups in total. The van der Waals surface area contributed by atoms with E-state index in [-0.39, 0.29) is 29.2 Å². The summed E-state index contributed by atoms with van der Waals surface area (Å²) in [6, 6.07) is 4.48. The van der Waals surface area contributed by atoms with Crippen molar-refractivity contribution in [1.82, 2.24) is 10.2 Å². The molecule has 1 aromatic rings. The molecule has 0 radical (unpaired) electrons. The van der Waals surface area contributed by atoms with Crippen molar-refractivity contribution < 1.29 is 14.0 Å². The first-order valence-electron chi connectivity index (χ1n) is 7.90. The van der Waals surface area contributed by atoms with Gasteiger partial charge in [0.2, 0.25) is 5.91 Å². The number of nitrogens with one attached hydrogen (secondary N) is 1. The van der Waals surface area contributed by atoms with Crippen LogP contribution in [0.15, 0.2) is 22.7 Å². The second kappa shape index (κ2) is 7.90. The minimum atomic E-state index is -0.514. The summed E-state index contributed by atoms with van der Waals surface area (Å²) in [5.74, 6) is -0.607. The van der Waals surface area contributed by atoms with Crippen molar-refractivity contribution in [3.63, 3.8) is 0 Å². The molecule has 1 aliphatic heterocycles. The summed E-state index contributed by atoms with van der Waals surface area (Å²) in [6.45, 7) is 5.43. The highest BCUT2D eigenvalue weighted by atomic mass is 79.9. The van der Waals surface area contributed by atoms with E-state index < -0.39 is 5.82 Å². The molecule has 1 saturated heterocycles. The summed E-state index contributed by atoms with van der Waals surface area (Å²) < 4.78 is 14.6. The predicted octanol–water partition coefficient (Wildman–Crippen LogP) is 3.21. The van der Waals surface area contributed by atoms with Gasteiger partial charge in [0.05, 0.1) is 5.56 Å². The molecule has 23 heavy (non-hydrogen) atoms. The standard InChI is InChI=1S/C17H22BrFN2O2/c1-11(2)16(22)20-9-12-4-3-7-21(10-12)17(23)14-6-5-13(18)8-15(14)19/h5-6,8,11-12H,3-4,7,9-10H2,1-2H3,(H,20,22)/t12-/m0/s1. The number of benzene rings is 1. The highest BCUT2D eigenvalue weighted by Gasteiger charge is 2.26. The third-order valence-electron chi connectivity index (χ3n) is 4.06. The van der Waals surface area contributed by atoms with Gasteiger partial charge in [0.15, 0.2) is 0 Å². The van der Waals surface area contributed by atoms with Crippen LogP contribution in [-0.4, -0.2) is 36.3 Å². The van der Waals surface area contributed by atoms with Crippen molar-refractivity contribution in [3.8, 4) is 0 Å². The van der Waals surface area contributed by atoms with Gasteiger partial charge in [0, 0.05) is 30.0 Å². The van der Waals surface area contributed by atoms with Crippen molar-refractivity contribution >= 4 is 27.7 Å². The number of nitrogens with zero attached hydrogens (tertiary/aromatic N) is 1. The number of amides is 2. The van der Waals surface area contributed by atoms with Gasteiger partial charge in [0.25, 0.3) is 5.91 Å². The van der Waals surface area contributed by atoms with E-state index in [4.69, 9.17) is 0 Å². The number of carbonyl (C=O) groups is 2. The molecule has 0 aromatic heterocycles.